The van der Waals surface area contributed by atoms with Crippen molar-refractivity contribution in [2.24, 2.45) is 11.8 Å². The van der Waals surface area contributed by atoms with E-state index in [4.69, 9.17) is 9.47 Å². The number of morpholine rings is 1. The molecule has 3 saturated heterocycles. The van der Waals surface area contributed by atoms with Crippen LogP contribution in [0.2, 0.25) is 0 Å². The molecule has 3 aliphatic rings. The quantitative estimate of drug-likeness (QED) is 0.672. The average molecular weight is 439 g/mol. The molecule has 0 aromatic heterocycles. The number of carbonyl (C=O) groups is 2. The molecule has 0 aromatic carbocycles. The minimum atomic E-state index is -0.614. The topological polar surface area (TPSA) is 65.6 Å². The van der Waals surface area contributed by atoms with Gasteiger partial charge in [0.15, 0.2) is 0 Å². The van der Waals surface area contributed by atoms with E-state index in [1.165, 1.54) is 30.9 Å². The third-order valence-corrected chi connectivity index (χ3v) is 6.88. The maximum Gasteiger partial charge on any atom is 0.425 e. The summed E-state index contributed by atoms with van der Waals surface area (Å²) in [5, 5.41) is 3.44. The lowest BCUT2D eigenvalue weighted by atomic mass is 9.79. The van der Waals surface area contributed by atoms with Crippen LogP contribution in [0, 0.1) is 11.8 Å². The molecule has 0 aliphatic carbocycles. The summed E-state index contributed by atoms with van der Waals surface area (Å²) in [4.78, 5) is 30.8. The average Bonchev–Trinajstić information content (AvgIpc) is 2.73. The van der Waals surface area contributed by atoms with Gasteiger partial charge in [-0.25, -0.2) is 14.8 Å². The van der Waals surface area contributed by atoms with Gasteiger partial charge in [-0.1, -0.05) is 0 Å². The van der Waals surface area contributed by atoms with Gasteiger partial charge in [-0.05, 0) is 85.4 Å². The Kier molecular flexibility index (Phi) is 8.21. The smallest absolute Gasteiger partial charge is 0.425 e. The monoisotopic (exact) mass is 438 g/mol. The zero-order chi connectivity index (χ0) is 22.6. The summed E-state index contributed by atoms with van der Waals surface area (Å²) in [5.74, 6) is 1.52. The molecule has 3 aliphatic heterocycles. The van der Waals surface area contributed by atoms with Crippen molar-refractivity contribution in [2.75, 3.05) is 59.5 Å². The van der Waals surface area contributed by atoms with Gasteiger partial charge in [0.25, 0.3) is 0 Å². The number of likely N-dealkylation sites (tertiary alicyclic amines) is 2. The molecule has 0 spiro atoms. The number of hydrazine groups is 1. The van der Waals surface area contributed by atoms with E-state index in [0.29, 0.717) is 32.2 Å². The van der Waals surface area contributed by atoms with Crippen molar-refractivity contribution in [3.63, 3.8) is 0 Å². The van der Waals surface area contributed by atoms with Crippen molar-refractivity contribution < 1.29 is 19.1 Å². The highest BCUT2D eigenvalue weighted by Crippen LogP contribution is 2.32. The standard InChI is InChI=1S/C23H42N4O4/c1-18(27(22(29)31-23(2,3)4)26-14-16-30-17-15-26)21(28)25-12-8-20(9-13-25)19-6-10-24(5)11-7-19/h18-20H,6-17H2,1-5H3/t18-/m1/s1. The molecule has 31 heavy (non-hydrogen) atoms. The lowest BCUT2D eigenvalue weighted by Gasteiger charge is -2.43. The molecule has 0 saturated carbocycles. The van der Waals surface area contributed by atoms with Crippen molar-refractivity contribution in [3.05, 3.63) is 0 Å². The Balaban J connectivity index is 1.60. The number of piperidine rings is 2. The molecule has 0 aromatic rings. The van der Waals surface area contributed by atoms with Gasteiger partial charge in [-0.3, -0.25) is 4.79 Å². The molecular weight excluding hydrogens is 396 g/mol. The van der Waals surface area contributed by atoms with Crippen LogP contribution < -0.4 is 0 Å². The van der Waals surface area contributed by atoms with E-state index in [2.05, 4.69) is 11.9 Å². The van der Waals surface area contributed by atoms with Gasteiger partial charge in [0, 0.05) is 26.2 Å². The summed E-state index contributed by atoms with van der Waals surface area (Å²) < 4.78 is 11.1. The van der Waals surface area contributed by atoms with Gasteiger partial charge in [-0.2, -0.15) is 0 Å². The van der Waals surface area contributed by atoms with Crippen molar-refractivity contribution in [1.29, 1.82) is 0 Å². The zero-order valence-corrected chi connectivity index (χ0v) is 20.1. The third kappa shape index (κ3) is 6.56. The first-order valence-corrected chi connectivity index (χ1v) is 12.0. The Morgan fingerprint density at radius 1 is 0.935 bits per heavy atom. The highest BCUT2D eigenvalue weighted by molar-refractivity contribution is 5.85. The number of hydrogen-bond acceptors (Lipinski definition) is 6. The molecule has 0 radical (unpaired) electrons. The Hall–Kier alpha value is -1.38. The number of ether oxygens (including phenoxy) is 2. The highest BCUT2D eigenvalue weighted by Gasteiger charge is 2.38. The van der Waals surface area contributed by atoms with Crippen LogP contribution in [-0.2, 0) is 14.3 Å². The highest BCUT2D eigenvalue weighted by atomic mass is 16.6. The lowest BCUT2D eigenvalue weighted by molar-refractivity contribution is -0.152. The predicted molar refractivity (Wildman–Crippen MR) is 119 cm³/mol. The van der Waals surface area contributed by atoms with Crippen LogP contribution >= 0.6 is 0 Å². The van der Waals surface area contributed by atoms with E-state index in [0.717, 1.165) is 31.8 Å². The first kappa shape index (κ1) is 24.3. The van der Waals surface area contributed by atoms with E-state index >= 15 is 0 Å². The van der Waals surface area contributed by atoms with Crippen molar-refractivity contribution >= 4 is 12.0 Å². The largest absolute Gasteiger partial charge is 0.443 e. The fraction of sp³-hybridized carbons (Fsp3) is 0.913. The third-order valence-electron chi connectivity index (χ3n) is 6.88. The second-order valence-electron chi connectivity index (χ2n) is 10.4. The maximum atomic E-state index is 13.4. The normalized spacial score (nSPS) is 24.1. The van der Waals surface area contributed by atoms with Gasteiger partial charge in [-0.15, -0.1) is 0 Å². The molecular formula is C23H42N4O4. The van der Waals surface area contributed by atoms with E-state index in [9.17, 15) is 9.59 Å². The van der Waals surface area contributed by atoms with E-state index in [1.807, 2.05) is 37.6 Å². The van der Waals surface area contributed by atoms with Crippen LogP contribution in [0.25, 0.3) is 0 Å². The number of hydrogen-bond donors (Lipinski definition) is 0. The number of nitrogens with zero attached hydrogens (tertiary/aromatic N) is 4. The fourth-order valence-corrected chi connectivity index (χ4v) is 5.06. The number of rotatable bonds is 4. The summed E-state index contributed by atoms with van der Waals surface area (Å²) in [6.45, 7) is 13.6. The van der Waals surface area contributed by atoms with Gasteiger partial charge in [0.05, 0.1) is 13.2 Å². The number of amides is 2. The SMILES string of the molecule is C[C@H](C(=O)N1CCC(C2CCN(C)CC2)CC1)N(C(=O)OC(C)(C)C)N1CCOCC1. The summed E-state index contributed by atoms with van der Waals surface area (Å²) in [7, 11) is 2.20. The second kappa shape index (κ2) is 10.5. The van der Waals surface area contributed by atoms with E-state index in [1.54, 1.807) is 0 Å². The van der Waals surface area contributed by atoms with E-state index < -0.39 is 17.7 Å². The molecule has 8 heteroatoms. The second-order valence-corrected chi connectivity index (χ2v) is 10.4. The Morgan fingerprint density at radius 2 is 1.45 bits per heavy atom. The summed E-state index contributed by atoms with van der Waals surface area (Å²) >= 11 is 0. The first-order chi connectivity index (χ1) is 14.7. The minimum Gasteiger partial charge on any atom is -0.443 e. The molecule has 3 fully saturated rings. The van der Waals surface area contributed by atoms with Crippen LogP contribution in [-0.4, -0.2) is 103 Å². The Bertz CT molecular complexity index is 601. The molecule has 0 bridgehead atoms. The van der Waals surface area contributed by atoms with Crippen molar-refractivity contribution in [2.45, 2.75) is 65.0 Å². The van der Waals surface area contributed by atoms with Crippen LogP contribution in [0.3, 0.4) is 0 Å². The van der Waals surface area contributed by atoms with Crippen LogP contribution in [0.15, 0.2) is 0 Å². The minimum absolute atomic E-state index is 0.0131. The van der Waals surface area contributed by atoms with Gasteiger partial charge < -0.3 is 19.3 Å². The number of carbonyl (C=O) groups excluding carboxylic acids is 2. The molecule has 2 amide bonds. The Labute approximate surface area is 187 Å². The van der Waals surface area contributed by atoms with Crippen LogP contribution in [0.4, 0.5) is 4.79 Å². The maximum absolute atomic E-state index is 13.4. The summed E-state index contributed by atoms with van der Waals surface area (Å²) in [5.41, 5.74) is -0.614. The fourth-order valence-electron chi connectivity index (χ4n) is 5.06. The van der Waals surface area contributed by atoms with Crippen LogP contribution in [0.1, 0.15) is 53.4 Å². The van der Waals surface area contributed by atoms with Gasteiger partial charge in [0.1, 0.15) is 11.6 Å². The summed E-state index contributed by atoms with van der Waals surface area (Å²) in [6, 6.07) is -0.590. The lowest BCUT2D eigenvalue weighted by Crippen LogP contribution is -2.60. The molecule has 0 unspecified atom stereocenters. The van der Waals surface area contributed by atoms with Crippen LogP contribution in [0.5, 0.6) is 0 Å². The van der Waals surface area contributed by atoms with Gasteiger partial charge >= 0.3 is 6.09 Å². The molecule has 3 rings (SSSR count). The first-order valence-electron chi connectivity index (χ1n) is 12.0. The molecule has 3 heterocycles. The predicted octanol–water partition coefficient (Wildman–Crippen LogP) is 2.44. The molecule has 178 valence electrons. The van der Waals surface area contributed by atoms with Crippen molar-refractivity contribution in [1.82, 2.24) is 19.8 Å². The molecule has 1 atom stereocenters. The Morgan fingerprint density at radius 3 is 1.97 bits per heavy atom. The molecule has 8 nitrogen and oxygen atoms in total. The van der Waals surface area contributed by atoms with Crippen molar-refractivity contribution in [3.8, 4) is 0 Å². The van der Waals surface area contributed by atoms with Gasteiger partial charge in [0.2, 0.25) is 5.91 Å². The zero-order valence-electron chi connectivity index (χ0n) is 20.1. The van der Waals surface area contributed by atoms with E-state index in [-0.39, 0.29) is 5.91 Å². The summed E-state index contributed by atoms with van der Waals surface area (Å²) in [6.07, 6.45) is 4.22. The molecule has 0 N–H and O–H groups in total.